The molecule has 1 atom stereocenters. The molecule has 3 saturated carbocycles. The third-order valence-electron chi connectivity index (χ3n) is 5.45. The van der Waals surface area contributed by atoms with Gasteiger partial charge >= 0.3 is 0 Å². The van der Waals surface area contributed by atoms with Crippen LogP contribution in [0.15, 0.2) is 28.7 Å². The van der Waals surface area contributed by atoms with Crippen LogP contribution in [0.4, 0.5) is 10.1 Å². The minimum absolute atomic E-state index is 0.294. The van der Waals surface area contributed by atoms with Crippen molar-refractivity contribution < 1.29 is 13.6 Å². The Morgan fingerprint density at radius 1 is 1.18 bits per heavy atom. The van der Waals surface area contributed by atoms with E-state index in [9.17, 15) is 4.39 Å². The van der Waals surface area contributed by atoms with E-state index in [1.807, 2.05) is 12.1 Å². The van der Waals surface area contributed by atoms with Crippen LogP contribution in [0.1, 0.15) is 32.1 Å². The molecule has 4 fully saturated rings. The molecule has 22 heavy (non-hydrogen) atoms. The molecule has 4 aliphatic rings. The second-order valence-corrected chi connectivity index (χ2v) is 6.72. The number of rotatable bonds is 1. The summed E-state index contributed by atoms with van der Waals surface area (Å²) < 4.78 is 18.2. The Morgan fingerprint density at radius 3 is 2.82 bits per heavy atom. The number of anilines is 1. The monoisotopic (exact) mass is 303 g/mol. The first-order valence-electron chi connectivity index (χ1n) is 7.93. The summed E-state index contributed by atoms with van der Waals surface area (Å²) in [6.07, 6.45) is 6.12. The number of nitrogens with one attached hydrogen (secondary N) is 2. The van der Waals surface area contributed by atoms with Crippen molar-refractivity contribution in [2.45, 2.75) is 37.8 Å². The highest BCUT2D eigenvalue weighted by Crippen LogP contribution is 2.49. The van der Waals surface area contributed by atoms with Crippen molar-refractivity contribution in [1.29, 1.82) is 0 Å². The SMILES string of the molecule is Fc1cc2cc(N3NO[C@@]4(CC5CCC4CC5)N3)ccc2o1. The molecule has 1 spiro atoms. The predicted molar refractivity (Wildman–Crippen MR) is 78.8 cm³/mol. The van der Waals surface area contributed by atoms with Crippen LogP contribution >= 0.6 is 0 Å². The number of hydrazine groups is 2. The van der Waals surface area contributed by atoms with Gasteiger partial charge in [0.15, 0.2) is 5.72 Å². The van der Waals surface area contributed by atoms with E-state index in [0.717, 1.165) is 23.4 Å². The maximum Gasteiger partial charge on any atom is 0.278 e. The summed E-state index contributed by atoms with van der Waals surface area (Å²) >= 11 is 0. The third kappa shape index (κ3) is 1.81. The summed E-state index contributed by atoms with van der Waals surface area (Å²) in [5.74, 6) is 1.30. The third-order valence-corrected chi connectivity index (χ3v) is 5.45. The number of benzene rings is 1. The van der Waals surface area contributed by atoms with Crippen LogP contribution < -0.4 is 16.1 Å². The van der Waals surface area contributed by atoms with Crippen molar-refractivity contribution in [2.24, 2.45) is 11.8 Å². The zero-order valence-electron chi connectivity index (χ0n) is 12.1. The molecule has 1 aromatic heterocycles. The fourth-order valence-corrected chi connectivity index (χ4v) is 4.31. The lowest BCUT2D eigenvalue weighted by atomic mass is 9.66. The zero-order valence-corrected chi connectivity index (χ0v) is 12.1. The lowest BCUT2D eigenvalue weighted by molar-refractivity contribution is -0.153. The molecule has 2 aromatic rings. The molecular weight excluding hydrogens is 285 g/mol. The van der Waals surface area contributed by atoms with Crippen molar-refractivity contribution >= 4 is 16.7 Å². The first-order chi connectivity index (χ1) is 10.7. The van der Waals surface area contributed by atoms with E-state index in [0.29, 0.717) is 11.5 Å². The normalized spacial score (nSPS) is 34.1. The van der Waals surface area contributed by atoms with Gasteiger partial charge in [-0.05, 0) is 56.2 Å². The van der Waals surface area contributed by atoms with Gasteiger partial charge in [-0.2, -0.15) is 9.82 Å². The molecule has 3 aliphatic carbocycles. The van der Waals surface area contributed by atoms with E-state index in [1.165, 1.54) is 31.7 Å². The van der Waals surface area contributed by atoms with Gasteiger partial charge in [0.05, 0.1) is 5.69 Å². The van der Waals surface area contributed by atoms with Crippen LogP contribution in [0.3, 0.4) is 0 Å². The number of hydrogen-bond donors (Lipinski definition) is 2. The molecule has 1 aromatic carbocycles. The van der Waals surface area contributed by atoms with Gasteiger partial charge in [-0.1, -0.05) is 5.59 Å². The Labute approximate surface area is 127 Å². The Kier molecular flexibility index (Phi) is 2.60. The minimum Gasteiger partial charge on any atom is -0.431 e. The van der Waals surface area contributed by atoms with Crippen molar-refractivity contribution in [1.82, 2.24) is 11.0 Å². The molecule has 0 amide bonds. The van der Waals surface area contributed by atoms with Crippen LogP contribution in [0.5, 0.6) is 0 Å². The topological polar surface area (TPSA) is 49.7 Å². The van der Waals surface area contributed by atoms with Gasteiger partial charge in [-0.25, -0.2) is 5.12 Å². The van der Waals surface area contributed by atoms with Gasteiger partial charge in [0.25, 0.3) is 6.01 Å². The van der Waals surface area contributed by atoms with Crippen LogP contribution in [0.25, 0.3) is 11.0 Å². The molecule has 2 N–H and O–H groups in total. The summed E-state index contributed by atoms with van der Waals surface area (Å²) in [5.41, 5.74) is 7.62. The Morgan fingerprint density at radius 2 is 2.05 bits per heavy atom. The van der Waals surface area contributed by atoms with Crippen molar-refractivity contribution in [3.63, 3.8) is 0 Å². The second kappa shape index (κ2) is 4.44. The van der Waals surface area contributed by atoms with Gasteiger partial charge in [-0.3, -0.25) is 4.84 Å². The minimum atomic E-state index is -0.563. The van der Waals surface area contributed by atoms with Gasteiger partial charge in [0.2, 0.25) is 0 Å². The molecule has 5 nitrogen and oxygen atoms in total. The second-order valence-electron chi connectivity index (χ2n) is 6.72. The zero-order chi connectivity index (χ0) is 14.7. The number of hydrogen-bond acceptors (Lipinski definition) is 5. The van der Waals surface area contributed by atoms with E-state index in [-0.39, 0.29) is 5.72 Å². The standard InChI is InChI=1S/C16H18FN3O2/c17-15-8-11-7-13(5-6-14(11)21-15)20-18-16(22-19-20)9-10-1-3-12(16)4-2-10/h5-8,10,12,18-19H,1-4,9H2/t10?,12?,16-/m1/s1. The molecule has 6 rings (SSSR count). The fourth-order valence-electron chi connectivity index (χ4n) is 4.31. The number of fused-ring (bicyclic) bond motifs is 3. The Hall–Kier alpha value is -1.63. The number of furan rings is 1. The van der Waals surface area contributed by atoms with Gasteiger partial charge < -0.3 is 4.42 Å². The lowest BCUT2D eigenvalue weighted by Crippen LogP contribution is -2.57. The van der Waals surface area contributed by atoms with Gasteiger partial charge in [0.1, 0.15) is 5.58 Å². The molecular formula is C16H18FN3O2. The summed E-state index contributed by atoms with van der Waals surface area (Å²) in [6.45, 7) is 0. The maximum absolute atomic E-state index is 13.2. The first kappa shape index (κ1) is 12.9. The van der Waals surface area contributed by atoms with E-state index in [4.69, 9.17) is 9.25 Å². The highest BCUT2D eigenvalue weighted by atomic mass is 19.1. The van der Waals surface area contributed by atoms with Crippen LogP contribution in [-0.4, -0.2) is 5.72 Å². The molecule has 0 unspecified atom stereocenters. The van der Waals surface area contributed by atoms with Crippen LogP contribution in [0, 0.1) is 17.8 Å². The summed E-state index contributed by atoms with van der Waals surface area (Å²) in [7, 11) is 0. The lowest BCUT2D eigenvalue weighted by Gasteiger charge is -2.47. The van der Waals surface area contributed by atoms with Crippen molar-refractivity contribution in [3.8, 4) is 0 Å². The summed E-state index contributed by atoms with van der Waals surface area (Å²) in [4.78, 5) is 5.97. The summed E-state index contributed by atoms with van der Waals surface area (Å²) in [5, 5.41) is 2.54. The van der Waals surface area contributed by atoms with Gasteiger partial charge in [0, 0.05) is 17.4 Å². The van der Waals surface area contributed by atoms with E-state index < -0.39 is 6.01 Å². The summed E-state index contributed by atoms with van der Waals surface area (Å²) in [6, 6.07) is 6.37. The highest BCUT2D eigenvalue weighted by molar-refractivity contribution is 5.81. The Bertz CT molecular complexity index is 725. The average Bonchev–Trinajstić information content (AvgIpc) is 3.10. The van der Waals surface area contributed by atoms with Crippen LogP contribution in [-0.2, 0) is 4.84 Å². The Balaban J connectivity index is 1.44. The van der Waals surface area contributed by atoms with E-state index in [1.54, 1.807) is 11.2 Å². The smallest absolute Gasteiger partial charge is 0.278 e. The molecule has 2 heterocycles. The quantitative estimate of drug-likeness (QED) is 0.847. The molecule has 1 saturated heterocycles. The average molecular weight is 303 g/mol. The van der Waals surface area contributed by atoms with Crippen LogP contribution in [0.2, 0.25) is 0 Å². The molecule has 6 heteroatoms. The fraction of sp³-hybridized carbons (Fsp3) is 0.500. The molecule has 0 radical (unpaired) electrons. The molecule has 116 valence electrons. The largest absolute Gasteiger partial charge is 0.431 e. The molecule has 2 bridgehead atoms. The first-order valence-corrected chi connectivity index (χ1v) is 7.93. The predicted octanol–water partition coefficient (Wildman–Crippen LogP) is 3.24. The number of nitrogens with zero attached hydrogens (tertiary/aromatic N) is 1. The number of halogens is 1. The van der Waals surface area contributed by atoms with Gasteiger partial charge in [-0.15, -0.1) is 0 Å². The van der Waals surface area contributed by atoms with E-state index in [2.05, 4.69) is 11.0 Å². The van der Waals surface area contributed by atoms with E-state index >= 15 is 0 Å². The maximum atomic E-state index is 13.2. The highest BCUT2D eigenvalue weighted by Gasteiger charge is 2.53. The molecule has 1 aliphatic heterocycles. The van der Waals surface area contributed by atoms with Crippen molar-refractivity contribution in [3.05, 3.63) is 30.3 Å². The van der Waals surface area contributed by atoms with Crippen molar-refractivity contribution in [2.75, 3.05) is 5.12 Å².